The van der Waals surface area contributed by atoms with Crippen molar-refractivity contribution in [3.8, 4) is 11.1 Å². The van der Waals surface area contributed by atoms with E-state index in [-0.39, 0.29) is 17.2 Å². The number of fused-ring (bicyclic) bond motifs is 1. The summed E-state index contributed by atoms with van der Waals surface area (Å²) < 4.78 is 8.61. The molecule has 8 heteroatoms. The van der Waals surface area contributed by atoms with Gasteiger partial charge in [0.15, 0.2) is 5.16 Å². The Morgan fingerprint density at radius 2 is 1.85 bits per heavy atom. The second-order valence-electron chi connectivity index (χ2n) is 7.71. The summed E-state index contributed by atoms with van der Waals surface area (Å²) in [6, 6.07) is 17.5. The molecular weight excluding hydrogens is 436 g/mol. The zero-order valence-electron chi connectivity index (χ0n) is 18.9. The molecule has 0 spiro atoms. The summed E-state index contributed by atoms with van der Waals surface area (Å²) >= 11 is 1.25. The Bertz CT molecular complexity index is 1350. The molecule has 33 heavy (non-hydrogen) atoms. The molecule has 0 fully saturated rings. The Kier molecular flexibility index (Phi) is 6.96. The van der Waals surface area contributed by atoms with E-state index in [4.69, 9.17) is 9.72 Å². The molecule has 2 aromatic heterocycles. The summed E-state index contributed by atoms with van der Waals surface area (Å²) in [6.45, 7) is 2.67. The highest BCUT2D eigenvalue weighted by Crippen LogP contribution is 2.29. The number of carbonyl (C=O) groups is 1. The van der Waals surface area contributed by atoms with E-state index in [0.29, 0.717) is 29.3 Å². The van der Waals surface area contributed by atoms with E-state index in [1.165, 1.54) is 11.8 Å². The number of aryl methyl sites for hydroxylation is 2. The van der Waals surface area contributed by atoms with Gasteiger partial charge >= 0.3 is 0 Å². The summed E-state index contributed by atoms with van der Waals surface area (Å²) in [4.78, 5) is 30.9. The Morgan fingerprint density at radius 1 is 1.12 bits per heavy atom. The van der Waals surface area contributed by atoms with Crippen molar-refractivity contribution in [1.82, 2.24) is 14.1 Å². The topological polar surface area (TPSA) is 78.2 Å². The van der Waals surface area contributed by atoms with Crippen LogP contribution in [0.15, 0.2) is 70.7 Å². The van der Waals surface area contributed by atoms with Crippen LogP contribution in [-0.4, -0.2) is 39.5 Å². The van der Waals surface area contributed by atoms with Crippen LogP contribution >= 0.6 is 11.8 Å². The lowest BCUT2D eigenvalue weighted by atomic mass is 10.1. The van der Waals surface area contributed by atoms with Gasteiger partial charge in [0.2, 0.25) is 5.91 Å². The SMILES string of the molecule is COCCn1c(SCC(=O)Nc2ccccc2C)nc2c(-c3ccccc3)cn(C)c2c1=O. The maximum atomic E-state index is 13.4. The number of amides is 1. The van der Waals surface area contributed by atoms with Gasteiger partial charge in [-0.3, -0.25) is 14.2 Å². The van der Waals surface area contributed by atoms with Gasteiger partial charge in [0.25, 0.3) is 5.56 Å². The molecule has 0 saturated carbocycles. The van der Waals surface area contributed by atoms with Crippen molar-refractivity contribution in [2.45, 2.75) is 18.6 Å². The largest absolute Gasteiger partial charge is 0.383 e. The third-order valence-corrected chi connectivity index (χ3v) is 6.37. The minimum Gasteiger partial charge on any atom is -0.383 e. The van der Waals surface area contributed by atoms with E-state index < -0.39 is 0 Å². The van der Waals surface area contributed by atoms with Crippen LogP contribution in [0.25, 0.3) is 22.2 Å². The van der Waals surface area contributed by atoms with Crippen LogP contribution < -0.4 is 10.9 Å². The predicted molar refractivity (Wildman–Crippen MR) is 133 cm³/mol. The maximum Gasteiger partial charge on any atom is 0.278 e. The zero-order valence-corrected chi connectivity index (χ0v) is 19.7. The number of benzene rings is 2. The number of rotatable bonds is 8. The van der Waals surface area contributed by atoms with Crippen molar-refractivity contribution in [1.29, 1.82) is 0 Å². The van der Waals surface area contributed by atoms with Gasteiger partial charge in [-0.15, -0.1) is 0 Å². The molecule has 0 aliphatic carbocycles. The first kappa shape index (κ1) is 22.8. The van der Waals surface area contributed by atoms with Gasteiger partial charge in [0, 0.05) is 31.6 Å². The molecule has 0 unspecified atom stereocenters. The number of para-hydroxylation sites is 1. The molecule has 4 rings (SSSR count). The van der Waals surface area contributed by atoms with Crippen molar-refractivity contribution < 1.29 is 9.53 Å². The molecule has 2 aromatic carbocycles. The molecule has 0 atom stereocenters. The van der Waals surface area contributed by atoms with E-state index in [1.807, 2.05) is 79.3 Å². The van der Waals surface area contributed by atoms with Gasteiger partial charge in [-0.2, -0.15) is 0 Å². The van der Waals surface area contributed by atoms with Crippen molar-refractivity contribution in [3.63, 3.8) is 0 Å². The highest BCUT2D eigenvalue weighted by atomic mass is 32.2. The lowest BCUT2D eigenvalue weighted by Gasteiger charge is -2.13. The van der Waals surface area contributed by atoms with Crippen molar-refractivity contribution in [3.05, 3.63) is 76.7 Å². The average molecular weight is 463 g/mol. The van der Waals surface area contributed by atoms with Crippen LogP contribution in [0.5, 0.6) is 0 Å². The minimum absolute atomic E-state index is 0.132. The number of carbonyl (C=O) groups excluding carboxylic acids is 1. The van der Waals surface area contributed by atoms with E-state index >= 15 is 0 Å². The molecule has 7 nitrogen and oxygen atoms in total. The Hall–Kier alpha value is -3.36. The number of ether oxygens (including phenoxy) is 1. The molecule has 170 valence electrons. The van der Waals surface area contributed by atoms with Crippen LogP contribution in [-0.2, 0) is 23.1 Å². The summed E-state index contributed by atoms with van der Waals surface area (Å²) in [5.41, 5.74) is 4.64. The number of aromatic nitrogens is 3. The lowest BCUT2D eigenvalue weighted by molar-refractivity contribution is -0.113. The molecule has 2 heterocycles. The molecule has 0 radical (unpaired) electrons. The summed E-state index contributed by atoms with van der Waals surface area (Å²) in [7, 11) is 3.44. The van der Waals surface area contributed by atoms with Crippen LogP contribution in [0.3, 0.4) is 0 Å². The van der Waals surface area contributed by atoms with Crippen LogP contribution in [0.2, 0.25) is 0 Å². The van der Waals surface area contributed by atoms with Gasteiger partial charge in [-0.1, -0.05) is 60.3 Å². The number of nitrogens with one attached hydrogen (secondary N) is 1. The average Bonchev–Trinajstić information content (AvgIpc) is 3.15. The Balaban J connectivity index is 1.70. The quantitative estimate of drug-likeness (QED) is 0.315. The van der Waals surface area contributed by atoms with Gasteiger partial charge in [-0.05, 0) is 24.1 Å². The monoisotopic (exact) mass is 462 g/mol. The van der Waals surface area contributed by atoms with Gasteiger partial charge < -0.3 is 14.6 Å². The van der Waals surface area contributed by atoms with Crippen LogP contribution in [0.4, 0.5) is 5.69 Å². The normalized spacial score (nSPS) is 11.1. The summed E-state index contributed by atoms with van der Waals surface area (Å²) in [5, 5.41) is 3.43. The third-order valence-electron chi connectivity index (χ3n) is 5.40. The number of methoxy groups -OCH3 is 1. The first-order valence-corrected chi connectivity index (χ1v) is 11.6. The fourth-order valence-corrected chi connectivity index (χ4v) is 4.52. The van der Waals surface area contributed by atoms with Crippen molar-refractivity contribution in [2.24, 2.45) is 7.05 Å². The molecular formula is C25H26N4O3S. The van der Waals surface area contributed by atoms with Gasteiger partial charge in [-0.25, -0.2) is 4.98 Å². The third kappa shape index (κ3) is 4.86. The Morgan fingerprint density at radius 3 is 2.58 bits per heavy atom. The zero-order chi connectivity index (χ0) is 23.4. The van der Waals surface area contributed by atoms with E-state index in [0.717, 1.165) is 22.4 Å². The second-order valence-corrected chi connectivity index (χ2v) is 8.66. The smallest absolute Gasteiger partial charge is 0.278 e. The first-order valence-electron chi connectivity index (χ1n) is 10.6. The van der Waals surface area contributed by atoms with Gasteiger partial charge in [0.1, 0.15) is 11.0 Å². The second kappa shape index (κ2) is 10.1. The number of nitrogens with zero attached hydrogens (tertiary/aromatic N) is 3. The lowest BCUT2D eigenvalue weighted by Crippen LogP contribution is -2.27. The molecule has 4 aromatic rings. The molecule has 1 amide bonds. The number of anilines is 1. The molecule has 0 aliphatic rings. The predicted octanol–water partition coefficient (Wildman–Crippen LogP) is 4.09. The fraction of sp³-hybridized carbons (Fsp3) is 0.240. The van der Waals surface area contributed by atoms with Crippen LogP contribution in [0.1, 0.15) is 5.56 Å². The molecule has 1 N–H and O–H groups in total. The number of thioether (sulfide) groups is 1. The van der Waals surface area contributed by atoms with Crippen LogP contribution in [0, 0.1) is 6.92 Å². The maximum absolute atomic E-state index is 13.4. The first-order chi connectivity index (χ1) is 16.0. The van der Waals surface area contributed by atoms with E-state index in [2.05, 4.69) is 5.32 Å². The summed E-state index contributed by atoms with van der Waals surface area (Å²) in [6.07, 6.45) is 1.92. The standard InChI is InChI=1S/C25H26N4O3S/c1-17-9-7-8-12-20(17)26-21(30)16-33-25-27-22-19(18-10-5-4-6-11-18)15-28(2)23(22)24(31)29(25)13-14-32-3/h4-12,15H,13-14,16H2,1-3H3,(H,26,30). The molecule has 0 aliphatic heterocycles. The van der Waals surface area contributed by atoms with Crippen molar-refractivity contribution in [2.75, 3.05) is 24.8 Å². The van der Waals surface area contributed by atoms with Gasteiger partial charge in [0.05, 0.1) is 18.9 Å². The highest BCUT2D eigenvalue weighted by molar-refractivity contribution is 7.99. The van der Waals surface area contributed by atoms with E-state index in [9.17, 15) is 9.59 Å². The molecule has 0 bridgehead atoms. The minimum atomic E-state index is -0.154. The van der Waals surface area contributed by atoms with E-state index in [1.54, 1.807) is 11.7 Å². The number of hydrogen-bond donors (Lipinski definition) is 1. The number of hydrogen-bond acceptors (Lipinski definition) is 5. The highest BCUT2D eigenvalue weighted by Gasteiger charge is 2.19. The van der Waals surface area contributed by atoms with Crippen molar-refractivity contribution >= 4 is 34.4 Å². The molecule has 0 saturated heterocycles. The Labute approximate surface area is 196 Å². The fourth-order valence-electron chi connectivity index (χ4n) is 3.70. The summed E-state index contributed by atoms with van der Waals surface area (Å²) in [5.74, 6) is -0.0227.